The number of carbonyl (C=O) groups is 1. The SMILES string of the molecule is CCNC(CC(=O)O)C(O)c1ccc(C(C)(C)C)cc1. The van der Waals surface area contributed by atoms with Gasteiger partial charge in [0.2, 0.25) is 0 Å². The largest absolute Gasteiger partial charge is 0.481 e. The molecule has 1 rings (SSSR count). The monoisotopic (exact) mass is 279 g/mol. The molecule has 0 spiro atoms. The first kappa shape index (κ1) is 16.7. The number of likely N-dealkylation sites (N-methyl/N-ethyl adjacent to an activating group) is 1. The average molecular weight is 279 g/mol. The van der Waals surface area contributed by atoms with E-state index in [2.05, 4.69) is 26.1 Å². The number of rotatable bonds is 6. The molecule has 2 atom stereocenters. The Morgan fingerprint density at radius 3 is 2.20 bits per heavy atom. The minimum atomic E-state index is -0.915. The third-order valence-electron chi connectivity index (χ3n) is 3.36. The summed E-state index contributed by atoms with van der Waals surface area (Å²) in [7, 11) is 0. The number of carboxylic acid groups (broad SMARTS) is 1. The summed E-state index contributed by atoms with van der Waals surface area (Å²) in [6.07, 6.45) is -0.921. The van der Waals surface area contributed by atoms with Crippen molar-refractivity contribution in [1.29, 1.82) is 0 Å². The van der Waals surface area contributed by atoms with E-state index in [1.807, 2.05) is 31.2 Å². The van der Waals surface area contributed by atoms with Crippen molar-refractivity contribution in [3.8, 4) is 0 Å². The van der Waals surface area contributed by atoms with Crippen LogP contribution in [0, 0.1) is 0 Å². The molecule has 0 heterocycles. The number of nitrogens with one attached hydrogen (secondary N) is 1. The molecule has 0 fully saturated rings. The quantitative estimate of drug-likeness (QED) is 0.748. The van der Waals surface area contributed by atoms with Crippen LogP contribution in [0.25, 0.3) is 0 Å². The van der Waals surface area contributed by atoms with E-state index in [0.29, 0.717) is 6.54 Å². The molecule has 4 nitrogen and oxygen atoms in total. The fourth-order valence-electron chi connectivity index (χ4n) is 2.16. The molecular formula is C16H25NO3. The summed E-state index contributed by atoms with van der Waals surface area (Å²) in [6.45, 7) is 8.90. The summed E-state index contributed by atoms with van der Waals surface area (Å²) in [5.41, 5.74) is 1.99. The molecular weight excluding hydrogens is 254 g/mol. The van der Waals surface area contributed by atoms with Gasteiger partial charge in [-0.2, -0.15) is 0 Å². The Labute approximate surface area is 120 Å². The molecule has 2 unspecified atom stereocenters. The molecule has 112 valence electrons. The Kier molecular flexibility index (Phi) is 5.72. The Morgan fingerprint density at radius 2 is 1.80 bits per heavy atom. The van der Waals surface area contributed by atoms with Gasteiger partial charge in [0.05, 0.1) is 12.5 Å². The molecule has 0 aliphatic carbocycles. The Morgan fingerprint density at radius 1 is 1.25 bits per heavy atom. The van der Waals surface area contributed by atoms with Crippen LogP contribution in [0.1, 0.15) is 51.3 Å². The van der Waals surface area contributed by atoms with Crippen molar-refractivity contribution in [2.24, 2.45) is 0 Å². The Bertz CT molecular complexity index is 434. The van der Waals surface area contributed by atoms with Gasteiger partial charge in [-0.15, -0.1) is 0 Å². The summed E-state index contributed by atoms with van der Waals surface area (Å²) in [6, 6.07) is 7.25. The highest BCUT2D eigenvalue weighted by molar-refractivity contribution is 5.67. The maximum absolute atomic E-state index is 10.9. The molecule has 0 radical (unpaired) electrons. The number of aliphatic carboxylic acids is 1. The molecule has 20 heavy (non-hydrogen) atoms. The van der Waals surface area contributed by atoms with Crippen molar-refractivity contribution in [3.05, 3.63) is 35.4 Å². The Hall–Kier alpha value is -1.39. The number of carboxylic acids is 1. The summed E-state index contributed by atoms with van der Waals surface area (Å²) >= 11 is 0. The normalized spacial score (nSPS) is 14.8. The van der Waals surface area contributed by atoms with Crippen molar-refractivity contribution in [1.82, 2.24) is 5.32 Å². The highest BCUT2D eigenvalue weighted by Crippen LogP contribution is 2.25. The first-order chi connectivity index (χ1) is 9.25. The number of aliphatic hydroxyl groups excluding tert-OH is 1. The van der Waals surface area contributed by atoms with Crippen molar-refractivity contribution < 1.29 is 15.0 Å². The highest BCUT2D eigenvalue weighted by atomic mass is 16.4. The van der Waals surface area contributed by atoms with Crippen molar-refractivity contribution in [3.63, 3.8) is 0 Å². The average Bonchev–Trinajstić information content (AvgIpc) is 2.36. The number of benzene rings is 1. The molecule has 1 aromatic carbocycles. The van der Waals surface area contributed by atoms with Gasteiger partial charge < -0.3 is 15.5 Å². The maximum atomic E-state index is 10.9. The van der Waals surface area contributed by atoms with E-state index in [9.17, 15) is 9.90 Å². The molecule has 0 aliphatic rings. The standard InChI is InChI=1S/C16H25NO3/c1-5-17-13(10-14(18)19)15(20)11-6-8-12(9-7-11)16(2,3)4/h6-9,13,15,17,20H,5,10H2,1-4H3,(H,18,19). The summed E-state index contributed by atoms with van der Waals surface area (Å²) in [5.74, 6) is -0.915. The number of aliphatic hydroxyl groups is 1. The Balaban J connectivity index is 2.88. The van der Waals surface area contributed by atoms with Crippen molar-refractivity contribution in [2.45, 2.75) is 51.7 Å². The third kappa shape index (κ3) is 4.62. The zero-order valence-electron chi connectivity index (χ0n) is 12.7. The summed E-state index contributed by atoms with van der Waals surface area (Å²) in [4.78, 5) is 10.9. The molecule has 0 saturated heterocycles. The van der Waals surface area contributed by atoms with Crippen LogP contribution in [0.15, 0.2) is 24.3 Å². The minimum Gasteiger partial charge on any atom is -0.481 e. The lowest BCUT2D eigenvalue weighted by Gasteiger charge is -2.24. The van der Waals surface area contributed by atoms with Crippen LogP contribution in [-0.2, 0) is 10.2 Å². The molecule has 1 aromatic rings. The van der Waals surface area contributed by atoms with E-state index in [1.54, 1.807) is 0 Å². The van der Waals surface area contributed by atoms with Crippen LogP contribution in [0.3, 0.4) is 0 Å². The fourth-order valence-corrected chi connectivity index (χ4v) is 2.16. The van der Waals surface area contributed by atoms with Crippen LogP contribution in [-0.4, -0.2) is 28.8 Å². The second-order valence-electron chi connectivity index (χ2n) is 6.08. The van der Waals surface area contributed by atoms with E-state index in [1.165, 1.54) is 5.56 Å². The molecule has 0 aliphatic heterocycles. The van der Waals surface area contributed by atoms with Gasteiger partial charge in [-0.3, -0.25) is 4.79 Å². The van der Waals surface area contributed by atoms with Crippen LogP contribution >= 0.6 is 0 Å². The molecule has 0 saturated carbocycles. The molecule has 4 heteroatoms. The van der Waals surface area contributed by atoms with Gasteiger partial charge >= 0.3 is 5.97 Å². The van der Waals surface area contributed by atoms with Gasteiger partial charge in [0.1, 0.15) is 0 Å². The predicted molar refractivity (Wildman–Crippen MR) is 79.8 cm³/mol. The topological polar surface area (TPSA) is 69.6 Å². The molecule has 3 N–H and O–H groups in total. The van der Waals surface area contributed by atoms with E-state index in [0.717, 1.165) is 5.56 Å². The number of hydrogen-bond donors (Lipinski definition) is 3. The van der Waals surface area contributed by atoms with Crippen LogP contribution in [0.4, 0.5) is 0 Å². The van der Waals surface area contributed by atoms with Gasteiger partial charge in [-0.25, -0.2) is 0 Å². The highest BCUT2D eigenvalue weighted by Gasteiger charge is 2.23. The van der Waals surface area contributed by atoms with Crippen LogP contribution in [0.5, 0.6) is 0 Å². The van der Waals surface area contributed by atoms with Gasteiger partial charge in [-0.05, 0) is 23.1 Å². The van der Waals surface area contributed by atoms with Gasteiger partial charge in [-0.1, -0.05) is 52.0 Å². The second kappa shape index (κ2) is 6.86. The first-order valence-electron chi connectivity index (χ1n) is 6.99. The maximum Gasteiger partial charge on any atom is 0.305 e. The zero-order chi connectivity index (χ0) is 15.3. The molecule has 0 amide bonds. The lowest BCUT2D eigenvalue weighted by atomic mass is 9.86. The first-order valence-corrected chi connectivity index (χ1v) is 6.99. The van der Waals surface area contributed by atoms with E-state index in [-0.39, 0.29) is 11.8 Å². The van der Waals surface area contributed by atoms with Gasteiger partial charge in [0.15, 0.2) is 0 Å². The van der Waals surface area contributed by atoms with E-state index >= 15 is 0 Å². The van der Waals surface area contributed by atoms with E-state index < -0.39 is 18.1 Å². The second-order valence-corrected chi connectivity index (χ2v) is 6.08. The predicted octanol–water partition coefficient (Wildman–Crippen LogP) is 2.47. The smallest absolute Gasteiger partial charge is 0.305 e. The van der Waals surface area contributed by atoms with E-state index in [4.69, 9.17) is 5.11 Å². The van der Waals surface area contributed by atoms with Crippen LogP contribution in [0.2, 0.25) is 0 Å². The fraction of sp³-hybridized carbons (Fsp3) is 0.562. The summed E-state index contributed by atoms with van der Waals surface area (Å²) in [5, 5.41) is 22.3. The lowest BCUT2D eigenvalue weighted by molar-refractivity contribution is -0.138. The molecule has 0 aromatic heterocycles. The minimum absolute atomic E-state index is 0.0611. The summed E-state index contributed by atoms with van der Waals surface area (Å²) < 4.78 is 0. The van der Waals surface area contributed by atoms with Crippen molar-refractivity contribution in [2.75, 3.05) is 6.54 Å². The lowest BCUT2D eigenvalue weighted by Crippen LogP contribution is -2.36. The van der Waals surface area contributed by atoms with Crippen molar-refractivity contribution >= 4 is 5.97 Å². The van der Waals surface area contributed by atoms with Crippen LogP contribution < -0.4 is 5.32 Å². The zero-order valence-corrected chi connectivity index (χ0v) is 12.7. The number of hydrogen-bond acceptors (Lipinski definition) is 3. The third-order valence-corrected chi connectivity index (χ3v) is 3.36. The van der Waals surface area contributed by atoms with Gasteiger partial charge in [0, 0.05) is 6.04 Å². The van der Waals surface area contributed by atoms with Gasteiger partial charge in [0.25, 0.3) is 0 Å². The molecule has 0 bridgehead atoms.